The quantitative estimate of drug-likeness (QED) is 0.804. The van der Waals surface area contributed by atoms with Crippen molar-refractivity contribution in [2.45, 2.75) is 39.2 Å². The molecule has 20 heavy (non-hydrogen) atoms. The molecule has 1 aromatic rings. The molecule has 0 aliphatic heterocycles. The molecule has 0 heterocycles. The van der Waals surface area contributed by atoms with E-state index >= 15 is 0 Å². The van der Waals surface area contributed by atoms with Crippen LogP contribution in [0.2, 0.25) is 0 Å². The molecule has 1 atom stereocenters. The van der Waals surface area contributed by atoms with Crippen LogP contribution in [0.3, 0.4) is 0 Å². The number of hydrogen-bond donors (Lipinski definition) is 2. The van der Waals surface area contributed by atoms with Crippen LogP contribution in [0.5, 0.6) is 0 Å². The van der Waals surface area contributed by atoms with Gasteiger partial charge in [0, 0.05) is 23.8 Å². The van der Waals surface area contributed by atoms with Crippen molar-refractivity contribution in [2.75, 3.05) is 11.9 Å². The largest absolute Gasteiger partial charge is 0.382 e. The number of anilines is 1. The predicted molar refractivity (Wildman–Crippen MR) is 84.0 cm³/mol. The molecule has 1 aromatic carbocycles. The van der Waals surface area contributed by atoms with Gasteiger partial charge in [-0.25, -0.2) is 0 Å². The number of amides is 1. The van der Waals surface area contributed by atoms with E-state index in [-0.39, 0.29) is 5.91 Å². The summed E-state index contributed by atoms with van der Waals surface area (Å²) in [5, 5.41) is 6.37. The van der Waals surface area contributed by atoms with Crippen LogP contribution >= 0.6 is 0 Å². The van der Waals surface area contributed by atoms with Gasteiger partial charge in [0.2, 0.25) is 0 Å². The predicted octanol–water partition coefficient (Wildman–Crippen LogP) is 3.59. The Labute approximate surface area is 121 Å². The summed E-state index contributed by atoms with van der Waals surface area (Å²) in [4.78, 5) is 11.8. The molecule has 0 aromatic heterocycles. The van der Waals surface area contributed by atoms with Crippen molar-refractivity contribution in [3.63, 3.8) is 0 Å². The minimum absolute atomic E-state index is 0.0577. The van der Waals surface area contributed by atoms with Gasteiger partial charge in [0.05, 0.1) is 0 Å². The first-order chi connectivity index (χ1) is 9.53. The van der Waals surface area contributed by atoms with Crippen LogP contribution in [0.4, 0.5) is 5.69 Å². The maximum atomic E-state index is 11.8. The number of nitrogens with one attached hydrogen (secondary N) is 2. The van der Waals surface area contributed by atoms with Gasteiger partial charge in [0.25, 0.3) is 5.91 Å². The van der Waals surface area contributed by atoms with E-state index in [1.165, 1.54) is 19.3 Å². The molecule has 0 radical (unpaired) electrons. The van der Waals surface area contributed by atoms with Gasteiger partial charge in [-0.3, -0.25) is 4.79 Å². The Hall–Kier alpha value is -1.77. The minimum atomic E-state index is -0.0577. The van der Waals surface area contributed by atoms with Crippen LogP contribution in [-0.4, -0.2) is 18.5 Å². The molecule has 2 N–H and O–H groups in total. The zero-order valence-corrected chi connectivity index (χ0v) is 12.4. The smallest absolute Gasteiger partial charge is 0.251 e. The first-order valence-electron chi connectivity index (χ1n) is 7.28. The van der Waals surface area contributed by atoms with Gasteiger partial charge < -0.3 is 10.6 Å². The summed E-state index contributed by atoms with van der Waals surface area (Å²) in [5.74, 6) is -0.0577. The highest BCUT2D eigenvalue weighted by molar-refractivity contribution is 5.94. The summed E-state index contributed by atoms with van der Waals surface area (Å²) in [6, 6.07) is 8.21. The van der Waals surface area contributed by atoms with E-state index in [0.29, 0.717) is 23.6 Å². The van der Waals surface area contributed by atoms with Gasteiger partial charge in [0.15, 0.2) is 0 Å². The molecule has 0 bridgehead atoms. The number of hydrogen-bond acceptors (Lipinski definition) is 2. The second-order valence-electron chi connectivity index (χ2n) is 6.15. The highest BCUT2D eigenvalue weighted by Gasteiger charge is 2.34. The average Bonchev–Trinajstić information content (AvgIpc) is 2.76. The Bertz CT molecular complexity index is 476. The lowest BCUT2D eigenvalue weighted by molar-refractivity contribution is 0.0958. The standard InChI is InChI=1S/C17H24N2O/c1-4-12-18-16(20)13-7-9-14(10-8-13)19-15-6-5-11-17(15,2)3/h4,7-10,15,19H,1,5-6,11-12H2,2-3H3,(H,18,20). The van der Waals surface area contributed by atoms with Crippen molar-refractivity contribution < 1.29 is 4.79 Å². The zero-order valence-electron chi connectivity index (χ0n) is 12.4. The second-order valence-corrected chi connectivity index (χ2v) is 6.15. The second kappa shape index (κ2) is 6.12. The van der Waals surface area contributed by atoms with Crippen molar-refractivity contribution in [1.29, 1.82) is 0 Å². The van der Waals surface area contributed by atoms with E-state index in [1.54, 1.807) is 6.08 Å². The van der Waals surface area contributed by atoms with E-state index in [4.69, 9.17) is 0 Å². The summed E-state index contributed by atoms with van der Waals surface area (Å²) in [6.07, 6.45) is 5.45. The first-order valence-corrected chi connectivity index (χ1v) is 7.28. The van der Waals surface area contributed by atoms with Crippen LogP contribution in [0.25, 0.3) is 0 Å². The maximum Gasteiger partial charge on any atom is 0.251 e. The highest BCUT2D eigenvalue weighted by atomic mass is 16.1. The van der Waals surface area contributed by atoms with Crippen molar-refractivity contribution >= 4 is 11.6 Å². The highest BCUT2D eigenvalue weighted by Crippen LogP contribution is 2.38. The van der Waals surface area contributed by atoms with Crippen LogP contribution in [-0.2, 0) is 0 Å². The number of benzene rings is 1. The fourth-order valence-corrected chi connectivity index (χ4v) is 2.78. The molecule has 1 aliphatic carbocycles. The number of carbonyl (C=O) groups excluding carboxylic acids is 1. The zero-order chi connectivity index (χ0) is 14.6. The van der Waals surface area contributed by atoms with Crippen LogP contribution in [0, 0.1) is 5.41 Å². The summed E-state index contributed by atoms with van der Waals surface area (Å²) < 4.78 is 0. The Morgan fingerprint density at radius 1 is 1.40 bits per heavy atom. The summed E-state index contributed by atoms with van der Waals surface area (Å²) in [5.41, 5.74) is 2.12. The van der Waals surface area contributed by atoms with Crippen molar-refractivity contribution in [3.8, 4) is 0 Å². The van der Waals surface area contributed by atoms with Crippen molar-refractivity contribution in [1.82, 2.24) is 5.32 Å². The maximum absolute atomic E-state index is 11.8. The van der Waals surface area contributed by atoms with Crippen LogP contribution < -0.4 is 10.6 Å². The van der Waals surface area contributed by atoms with Gasteiger partial charge in [-0.2, -0.15) is 0 Å². The molecule has 0 spiro atoms. The summed E-state index contributed by atoms with van der Waals surface area (Å²) >= 11 is 0. The lowest BCUT2D eigenvalue weighted by atomic mass is 9.87. The monoisotopic (exact) mass is 272 g/mol. The van der Waals surface area contributed by atoms with Gasteiger partial charge in [-0.15, -0.1) is 6.58 Å². The fraction of sp³-hybridized carbons (Fsp3) is 0.471. The Balaban J connectivity index is 1.98. The normalized spacial score (nSPS) is 20.4. The van der Waals surface area contributed by atoms with Crippen LogP contribution in [0.15, 0.2) is 36.9 Å². The van der Waals surface area contributed by atoms with Crippen LogP contribution in [0.1, 0.15) is 43.5 Å². The van der Waals surface area contributed by atoms with Crippen molar-refractivity contribution in [3.05, 3.63) is 42.5 Å². The van der Waals surface area contributed by atoms with E-state index in [2.05, 4.69) is 31.1 Å². The third-order valence-electron chi connectivity index (χ3n) is 4.15. The Morgan fingerprint density at radius 3 is 2.65 bits per heavy atom. The molecule has 3 heteroatoms. The van der Waals surface area contributed by atoms with Crippen molar-refractivity contribution in [2.24, 2.45) is 5.41 Å². The molecule has 1 fully saturated rings. The molecule has 3 nitrogen and oxygen atoms in total. The van der Waals surface area contributed by atoms with Gasteiger partial charge in [-0.1, -0.05) is 26.3 Å². The third-order valence-corrected chi connectivity index (χ3v) is 4.15. The van der Waals surface area contributed by atoms with Gasteiger partial charge in [-0.05, 0) is 42.5 Å². The molecular weight excluding hydrogens is 248 g/mol. The molecule has 1 saturated carbocycles. The SMILES string of the molecule is C=CCNC(=O)c1ccc(NC2CCCC2(C)C)cc1. The molecule has 108 valence electrons. The van der Waals surface area contributed by atoms with Gasteiger partial charge in [0.1, 0.15) is 0 Å². The molecular formula is C17H24N2O. The van der Waals surface area contributed by atoms with Gasteiger partial charge >= 0.3 is 0 Å². The topological polar surface area (TPSA) is 41.1 Å². The molecule has 2 rings (SSSR count). The minimum Gasteiger partial charge on any atom is -0.382 e. The lowest BCUT2D eigenvalue weighted by Gasteiger charge is -2.28. The number of carbonyl (C=O) groups is 1. The molecule has 1 amide bonds. The molecule has 1 unspecified atom stereocenters. The third kappa shape index (κ3) is 3.41. The average molecular weight is 272 g/mol. The fourth-order valence-electron chi connectivity index (χ4n) is 2.78. The van der Waals surface area contributed by atoms with E-state index in [1.807, 2.05) is 24.3 Å². The van der Waals surface area contributed by atoms with E-state index in [9.17, 15) is 4.79 Å². The van der Waals surface area contributed by atoms with E-state index < -0.39 is 0 Å². The lowest BCUT2D eigenvalue weighted by Crippen LogP contribution is -2.30. The Morgan fingerprint density at radius 2 is 2.10 bits per heavy atom. The summed E-state index contributed by atoms with van der Waals surface area (Å²) in [6.45, 7) is 8.71. The molecule has 1 aliphatic rings. The number of rotatable bonds is 5. The van der Waals surface area contributed by atoms with E-state index in [0.717, 1.165) is 5.69 Å². The Kier molecular flexibility index (Phi) is 4.48. The first kappa shape index (κ1) is 14.6. The summed E-state index contributed by atoms with van der Waals surface area (Å²) in [7, 11) is 0. The molecule has 0 saturated heterocycles.